The Morgan fingerprint density at radius 1 is 1.24 bits per heavy atom. The van der Waals surface area contributed by atoms with E-state index in [-0.39, 0.29) is 23.0 Å². The van der Waals surface area contributed by atoms with Crippen LogP contribution in [0.2, 0.25) is 5.02 Å². The van der Waals surface area contributed by atoms with Gasteiger partial charge in [-0.1, -0.05) is 17.7 Å². The van der Waals surface area contributed by atoms with E-state index in [0.29, 0.717) is 35.7 Å². The van der Waals surface area contributed by atoms with E-state index in [9.17, 15) is 23.3 Å². The van der Waals surface area contributed by atoms with Crippen molar-refractivity contribution in [1.29, 1.82) is 0 Å². The maximum atomic E-state index is 12.9. The molecule has 29 heavy (non-hydrogen) atoms. The number of piperidine rings is 1. The van der Waals surface area contributed by atoms with E-state index in [1.165, 1.54) is 34.6 Å². The van der Waals surface area contributed by atoms with E-state index in [1.54, 1.807) is 19.1 Å². The van der Waals surface area contributed by atoms with Crippen LogP contribution in [0.5, 0.6) is 0 Å². The van der Waals surface area contributed by atoms with Crippen LogP contribution in [0.3, 0.4) is 0 Å². The summed E-state index contributed by atoms with van der Waals surface area (Å²) >= 11 is 5.83. The minimum atomic E-state index is -3.74. The number of amides is 1. The summed E-state index contributed by atoms with van der Waals surface area (Å²) in [5.41, 5.74) is 0.717. The molecule has 2 aromatic carbocycles. The van der Waals surface area contributed by atoms with Crippen molar-refractivity contribution in [2.75, 3.05) is 18.4 Å². The molecule has 1 aliphatic rings. The van der Waals surface area contributed by atoms with Crippen molar-refractivity contribution in [2.24, 2.45) is 5.92 Å². The molecular weight excluding hydrogens is 418 g/mol. The highest BCUT2D eigenvalue weighted by Gasteiger charge is 2.33. The number of nitrogens with zero attached hydrogens (tertiary/aromatic N) is 2. The summed E-state index contributed by atoms with van der Waals surface area (Å²) in [6.07, 6.45) is 1.07. The molecule has 1 N–H and O–H groups in total. The number of nitro groups is 1. The fourth-order valence-electron chi connectivity index (χ4n) is 3.26. The maximum Gasteiger partial charge on any atom is 0.274 e. The first kappa shape index (κ1) is 21.2. The van der Waals surface area contributed by atoms with Gasteiger partial charge in [0.1, 0.15) is 0 Å². The van der Waals surface area contributed by atoms with Crippen LogP contribution in [0.25, 0.3) is 0 Å². The summed E-state index contributed by atoms with van der Waals surface area (Å²) in [4.78, 5) is 23.4. The van der Waals surface area contributed by atoms with Gasteiger partial charge in [-0.15, -0.1) is 0 Å². The third-order valence-corrected chi connectivity index (χ3v) is 7.01. The molecule has 0 radical (unpaired) electrons. The molecule has 1 aliphatic heterocycles. The first-order valence-corrected chi connectivity index (χ1v) is 10.8. The average Bonchev–Trinajstić information content (AvgIpc) is 2.69. The quantitative estimate of drug-likeness (QED) is 0.567. The van der Waals surface area contributed by atoms with Gasteiger partial charge >= 0.3 is 0 Å². The number of anilines is 1. The lowest BCUT2D eigenvalue weighted by Crippen LogP contribution is -2.43. The number of aryl methyl sites for hydroxylation is 1. The number of rotatable bonds is 5. The Morgan fingerprint density at radius 3 is 2.59 bits per heavy atom. The molecule has 154 valence electrons. The maximum absolute atomic E-state index is 12.9. The first-order chi connectivity index (χ1) is 13.7. The van der Waals surface area contributed by atoms with Gasteiger partial charge in [0.2, 0.25) is 15.9 Å². The zero-order valence-electron chi connectivity index (χ0n) is 15.7. The molecular formula is C19H20ClN3O5S. The summed E-state index contributed by atoms with van der Waals surface area (Å²) in [5, 5.41) is 14.2. The molecule has 10 heteroatoms. The third kappa shape index (κ3) is 4.75. The highest BCUT2D eigenvalue weighted by atomic mass is 35.5. The highest BCUT2D eigenvalue weighted by molar-refractivity contribution is 7.89. The zero-order chi connectivity index (χ0) is 21.2. The number of benzene rings is 2. The number of sulfonamides is 1. The molecule has 0 aliphatic carbocycles. The SMILES string of the molecule is Cc1ccc(NC(=O)C2CCCN(S(=O)(=O)c3ccc(Cl)cc3)C2)cc1[N+](=O)[O-]. The monoisotopic (exact) mass is 437 g/mol. The molecule has 2 aromatic rings. The Morgan fingerprint density at radius 2 is 1.93 bits per heavy atom. The Hall–Kier alpha value is -2.49. The Kier molecular flexibility index (Phi) is 6.21. The van der Waals surface area contributed by atoms with Crippen molar-refractivity contribution in [3.05, 3.63) is 63.2 Å². The number of nitrogens with one attached hydrogen (secondary N) is 1. The van der Waals surface area contributed by atoms with E-state index < -0.39 is 20.9 Å². The molecule has 0 saturated carbocycles. The van der Waals surface area contributed by atoms with E-state index in [2.05, 4.69) is 5.32 Å². The summed E-state index contributed by atoms with van der Waals surface area (Å²) in [6, 6.07) is 10.3. The van der Waals surface area contributed by atoms with Gasteiger partial charge in [-0.25, -0.2) is 8.42 Å². The lowest BCUT2D eigenvalue weighted by molar-refractivity contribution is -0.385. The molecule has 8 nitrogen and oxygen atoms in total. The lowest BCUT2D eigenvalue weighted by Gasteiger charge is -2.31. The second kappa shape index (κ2) is 8.48. The van der Waals surface area contributed by atoms with Crippen LogP contribution in [-0.4, -0.2) is 36.6 Å². The minimum Gasteiger partial charge on any atom is -0.326 e. The van der Waals surface area contributed by atoms with Crippen LogP contribution in [0.15, 0.2) is 47.4 Å². The summed E-state index contributed by atoms with van der Waals surface area (Å²) in [6.45, 7) is 1.99. The predicted molar refractivity (Wildman–Crippen MR) is 109 cm³/mol. The number of hydrogen-bond donors (Lipinski definition) is 1. The largest absolute Gasteiger partial charge is 0.326 e. The molecule has 0 spiro atoms. The minimum absolute atomic E-state index is 0.0464. The van der Waals surface area contributed by atoms with E-state index in [0.717, 1.165) is 0 Å². The first-order valence-electron chi connectivity index (χ1n) is 9.00. The molecule has 1 saturated heterocycles. The molecule has 0 bridgehead atoms. The topological polar surface area (TPSA) is 110 Å². The van der Waals surface area contributed by atoms with Crippen LogP contribution >= 0.6 is 11.6 Å². The molecule has 1 unspecified atom stereocenters. The van der Waals surface area contributed by atoms with Gasteiger partial charge in [-0.2, -0.15) is 4.31 Å². The molecule has 1 amide bonds. The van der Waals surface area contributed by atoms with E-state index >= 15 is 0 Å². The standard InChI is InChI=1S/C19H20ClN3O5S/c1-13-4-7-16(11-18(13)23(25)26)21-19(24)14-3-2-10-22(12-14)29(27,28)17-8-5-15(20)6-9-17/h4-9,11,14H,2-3,10,12H2,1H3,(H,21,24). The normalized spacial score (nSPS) is 17.7. The van der Waals surface area contributed by atoms with Gasteiger partial charge in [0.05, 0.1) is 15.7 Å². The van der Waals surface area contributed by atoms with Gasteiger partial charge in [-0.05, 0) is 50.1 Å². The Bertz CT molecular complexity index is 1040. The smallest absolute Gasteiger partial charge is 0.274 e. The Balaban J connectivity index is 1.73. The summed E-state index contributed by atoms with van der Waals surface area (Å²) < 4.78 is 27.0. The second-order valence-electron chi connectivity index (χ2n) is 6.90. The molecule has 1 fully saturated rings. The average molecular weight is 438 g/mol. The predicted octanol–water partition coefficient (Wildman–Crippen LogP) is 3.60. The van der Waals surface area contributed by atoms with Gasteiger partial charge in [0, 0.05) is 35.4 Å². The number of hydrogen-bond acceptors (Lipinski definition) is 5. The molecule has 0 aromatic heterocycles. The Labute approximate surface area is 173 Å². The zero-order valence-corrected chi connectivity index (χ0v) is 17.2. The van der Waals surface area contributed by atoms with Crippen molar-refractivity contribution >= 4 is 38.9 Å². The molecule has 1 atom stereocenters. The van der Waals surface area contributed by atoms with Crippen molar-refractivity contribution in [1.82, 2.24) is 4.31 Å². The summed E-state index contributed by atoms with van der Waals surface area (Å²) in [5.74, 6) is -0.912. The summed E-state index contributed by atoms with van der Waals surface area (Å²) in [7, 11) is -3.74. The number of carbonyl (C=O) groups is 1. The van der Waals surface area contributed by atoms with Gasteiger partial charge in [0.15, 0.2) is 0 Å². The van der Waals surface area contributed by atoms with Gasteiger partial charge in [0.25, 0.3) is 5.69 Å². The number of halogens is 1. The van der Waals surface area contributed by atoms with Gasteiger partial charge in [-0.3, -0.25) is 14.9 Å². The van der Waals surface area contributed by atoms with Crippen molar-refractivity contribution < 1.29 is 18.1 Å². The molecule has 3 rings (SSSR count). The second-order valence-corrected chi connectivity index (χ2v) is 9.28. The van der Waals surface area contributed by atoms with Gasteiger partial charge < -0.3 is 5.32 Å². The van der Waals surface area contributed by atoms with Crippen molar-refractivity contribution in [3.63, 3.8) is 0 Å². The van der Waals surface area contributed by atoms with Crippen molar-refractivity contribution in [3.8, 4) is 0 Å². The van der Waals surface area contributed by atoms with Crippen LogP contribution in [0.1, 0.15) is 18.4 Å². The number of nitro benzene ring substituents is 1. The fourth-order valence-corrected chi connectivity index (χ4v) is 4.91. The van der Waals surface area contributed by atoms with Crippen LogP contribution < -0.4 is 5.32 Å². The van der Waals surface area contributed by atoms with Crippen molar-refractivity contribution in [2.45, 2.75) is 24.7 Å². The van der Waals surface area contributed by atoms with Crippen LogP contribution in [0.4, 0.5) is 11.4 Å². The van der Waals surface area contributed by atoms with E-state index in [4.69, 9.17) is 11.6 Å². The van der Waals surface area contributed by atoms with Crippen LogP contribution in [-0.2, 0) is 14.8 Å². The molecule has 1 heterocycles. The number of carbonyl (C=O) groups excluding carboxylic acids is 1. The fraction of sp³-hybridized carbons (Fsp3) is 0.316. The third-order valence-electron chi connectivity index (χ3n) is 4.88. The van der Waals surface area contributed by atoms with Crippen LogP contribution in [0, 0.1) is 23.0 Å². The highest BCUT2D eigenvalue weighted by Crippen LogP contribution is 2.27. The van der Waals surface area contributed by atoms with E-state index in [1.807, 2.05) is 0 Å². The lowest BCUT2D eigenvalue weighted by atomic mass is 9.98.